The molecule has 0 bridgehead atoms. The first-order chi connectivity index (χ1) is 7.43. The number of fused-ring (bicyclic) bond motifs is 1. The third-order valence-corrected chi connectivity index (χ3v) is 3.74. The molecule has 0 amide bonds. The zero-order chi connectivity index (χ0) is 10.1. The lowest BCUT2D eigenvalue weighted by Gasteiger charge is -2.13. The molecule has 2 aromatic rings. The van der Waals surface area contributed by atoms with Crippen LogP contribution in [0.4, 0.5) is 0 Å². The molecule has 0 fully saturated rings. The van der Waals surface area contributed by atoms with Crippen molar-refractivity contribution in [2.45, 2.75) is 25.7 Å². The van der Waals surface area contributed by atoms with Gasteiger partial charge in [-0.3, -0.25) is 0 Å². The maximum absolute atomic E-state index is 4.33. The molecule has 0 atom stereocenters. The molecule has 0 aliphatic heterocycles. The molecule has 15 heavy (non-hydrogen) atoms. The van der Waals surface area contributed by atoms with Gasteiger partial charge < -0.3 is 0 Å². The molecular weight excluding hydrogens is 204 g/mol. The zero-order valence-corrected chi connectivity index (χ0v) is 9.26. The highest BCUT2D eigenvalue weighted by Gasteiger charge is 2.12. The van der Waals surface area contributed by atoms with Crippen LogP contribution in [0.15, 0.2) is 23.6 Å². The largest absolute Gasteiger partial charge is 0.155 e. The number of nitrogens with zero attached hydrogens (tertiary/aromatic N) is 2. The summed E-state index contributed by atoms with van der Waals surface area (Å²) in [6.07, 6.45) is 4.83. The van der Waals surface area contributed by atoms with Crippen LogP contribution in [-0.4, -0.2) is 10.2 Å². The molecule has 1 aliphatic carbocycles. The topological polar surface area (TPSA) is 25.8 Å². The van der Waals surface area contributed by atoms with Crippen LogP contribution < -0.4 is 0 Å². The van der Waals surface area contributed by atoms with Crippen molar-refractivity contribution in [2.24, 2.45) is 0 Å². The maximum Gasteiger partial charge on any atom is 0.103 e. The Kier molecular flexibility index (Phi) is 2.25. The maximum atomic E-state index is 4.33. The molecule has 3 rings (SSSR count). The fourth-order valence-electron chi connectivity index (χ4n) is 2.04. The van der Waals surface area contributed by atoms with E-state index in [4.69, 9.17) is 0 Å². The second-order valence-corrected chi connectivity index (χ2v) is 4.83. The van der Waals surface area contributed by atoms with Crippen molar-refractivity contribution in [1.29, 1.82) is 0 Å². The van der Waals surface area contributed by atoms with Crippen molar-refractivity contribution in [3.8, 4) is 10.6 Å². The normalized spacial score (nSPS) is 14.9. The molecule has 1 aliphatic rings. The summed E-state index contributed by atoms with van der Waals surface area (Å²) in [5.41, 5.74) is 3.65. The standard InChI is InChI=1S/C12H12N2S/c1-2-5-10-9(4-1)8-11(14-13-10)12-6-3-7-15-12/h3,6-8H,1-2,4-5H2. The summed E-state index contributed by atoms with van der Waals surface area (Å²) in [5, 5.41) is 10.7. The molecule has 0 saturated carbocycles. The van der Waals surface area contributed by atoms with Crippen LogP contribution in [0.25, 0.3) is 10.6 Å². The van der Waals surface area contributed by atoms with Crippen molar-refractivity contribution >= 4 is 11.3 Å². The molecule has 0 spiro atoms. The van der Waals surface area contributed by atoms with Crippen molar-refractivity contribution in [2.75, 3.05) is 0 Å². The fourth-order valence-corrected chi connectivity index (χ4v) is 2.72. The van der Waals surface area contributed by atoms with E-state index in [0.717, 1.165) is 12.1 Å². The summed E-state index contributed by atoms with van der Waals surface area (Å²) >= 11 is 1.72. The predicted octanol–water partition coefficient (Wildman–Crippen LogP) is 3.08. The molecule has 0 N–H and O–H groups in total. The van der Waals surface area contributed by atoms with E-state index in [9.17, 15) is 0 Å². The first kappa shape index (κ1) is 9.04. The highest BCUT2D eigenvalue weighted by Crippen LogP contribution is 2.26. The molecule has 76 valence electrons. The van der Waals surface area contributed by atoms with Gasteiger partial charge in [0, 0.05) is 0 Å². The molecule has 0 unspecified atom stereocenters. The minimum Gasteiger partial charge on any atom is -0.155 e. The van der Waals surface area contributed by atoms with Crippen molar-refractivity contribution in [3.63, 3.8) is 0 Å². The molecule has 3 heteroatoms. The Balaban J connectivity index is 2.04. The van der Waals surface area contributed by atoms with E-state index in [1.54, 1.807) is 11.3 Å². The Morgan fingerprint density at radius 2 is 2.07 bits per heavy atom. The Morgan fingerprint density at radius 3 is 2.93 bits per heavy atom. The van der Waals surface area contributed by atoms with Crippen LogP contribution in [0, 0.1) is 0 Å². The number of aryl methyl sites for hydroxylation is 2. The van der Waals surface area contributed by atoms with Gasteiger partial charge in [0.1, 0.15) is 5.69 Å². The van der Waals surface area contributed by atoms with Gasteiger partial charge in [-0.15, -0.1) is 16.4 Å². The van der Waals surface area contributed by atoms with Gasteiger partial charge in [-0.2, -0.15) is 5.10 Å². The van der Waals surface area contributed by atoms with Crippen LogP contribution in [0.2, 0.25) is 0 Å². The summed E-state index contributed by atoms with van der Waals surface area (Å²) < 4.78 is 0. The fraction of sp³-hybridized carbons (Fsp3) is 0.333. The number of rotatable bonds is 1. The molecule has 2 heterocycles. The summed E-state index contributed by atoms with van der Waals surface area (Å²) in [4.78, 5) is 1.22. The predicted molar refractivity (Wildman–Crippen MR) is 62.0 cm³/mol. The van der Waals surface area contributed by atoms with Crippen LogP contribution in [-0.2, 0) is 12.8 Å². The van der Waals surface area contributed by atoms with Gasteiger partial charge in [-0.05, 0) is 48.8 Å². The second kappa shape index (κ2) is 3.74. The second-order valence-electron chi connectivity index (χ2n) is 3.89. The van der Waals surface area contributed by atoms with Crippen LogP contribution >= 0.6 is 11.3 Å². The average Bonchev–Trinajstić information content (AvgIpc) is 2.82. The Hall–Kier alpha value is -1.22. The van der Waals surface area contributed by atoms with Crippen molar-refractivity contribution < 1.29 is 0 Å². The van der Waals surface area contributed by atoms with E-state index in [1.165, 1.54) is 35.4 Å². The summed E-state index contributed by atoms with van der Waals surface area (Å²) in [7, 11) is 0. The van der Waals surface area contributed by atoms with E-state index in [0.29, 0.717) is 0 Å². The van der Waals surface area contributed by atoms with Gasteiger partial charge in [0.2, 0.25) is 0 Å². The van der Waals surface area contributed by atoms with Crippen molar-refractivity contribution in [3.05, 3.63) is 34.8 Å². The van der Waals surface area contributed by atoms with Crippen LogP contribution in [0.5, 0.6) is 0 Å². The first-order valence-electron chi connectivity index (χ1n) is 5.33. The molecular formula is C12H12N2S. The Bertz CT molecular complexity index is 462. The lowest BCUT2D eigenvalue weighted by molar-refractivity contribution is 0.655. The van der Waals surface area contributed by atoms with Crippen molar-refractivity contribution in [1.82, 2.24) is 10.2 Å². The van der Waals surface area contributed by atoms with Crippen LogP contribution in [0.1, 0.15) is 24.1 Å². The Labute approximate surface area is 93.0 Å². The quantitative estimate of drug-likeness (QED) is 0.732. The summed E-state index contributed by atoms with van der Waals surface area (Å²) in [6.45, 7) is 0. The molecule has 0 radical (unpaired) electrons. The molecule has 0 saturated heterocycles. The van der Waals surface area contributed by atoms with E-state index in [1.807, 2.05) is 0 Å². The van der Waals surface area contributed by atoms with Gasteiger partial charge in [-0.25, -0.2) is 0 Å². The number of hydrogen-bond acceptors (Lipinski definition) is 3. The van der Waals surface area contributed by atoms with E-state index >= 15 is 0 Å². The lowest BCUT2D eigenvalue weighted by atomic mass is 9.96. The van der Waals surface area contributed by atoms with Gasteiger partial charge in [0.05, 0.1) is 10.6 Å². The third-order valence-electron chi connectivity index (χ3n) is 2.84. The molecule has 2 nitrogen and oxygen atoms in total. The highest BCUT2D eigenvalue weighted by atomic mass is 32.1. The highest BCUT2D eigenvalue weighted by molar-refractivity contribution is 7.13. The number of thiophene rings is 1. The van der Waals surface area contributed by atoms with Gasteiger partial charge in [-0.1, -0.05) is 6.07 Å². The van der Waals surface area contributed by atoms with E-state index < -0.39 is 0 Å². The summed E-state index contributed by atoms with van der Waals surface area (Å²) in [6, 6.07) is 6.37. The first-order valence-corrected chi connectivity index (χ1v) is 6.21. The van der Waals surface area contributed by atoms with E-state index in [-0.39, 0.29) is 0 Å². The zero-order valence-electron chi connectivity index (χ0n) is 8.44. The smallest absolute Gasteiger partial charge is 0.103 e. The minimum absolute atomic E-state index is 1.03. The van der Waals surface area contributed by atoms with Gasteiger partial charge in [0.15, 0.2) is 0 Å². The Morgan fingerprint density at radius 1 is 1.13 bits per heavy atom. The monoisotopic (exact) mass is 216 g/mol. The number of hydrogen-bond donors (Lipinski definition) is 0. The molecule has 2 aromatic heterocycles. The SMILES string of the molecule is c1csc(-c2cc3c(nn2)CCCC3)c1. The van der Waals surface area contributed by atoms with Gasteiger partial charge >= 0.3 is 0 Å². The molecule has 0 aromatic carbocycles. The third kappa shape index (κ3) is 1.67. The van der Waals surface area contributed by atoms with Gasteiger partial charge in [0.25, 0.3) is 0 Å². The minimum atomic E-state index is 1.03. The lowest BCUT2D eigenvalue weighted by Crippen LogP contribution is -2.06. The number of aromatic nitrogens is 2. The average molecular weight is 216 g/mol. The summed E-state index contributed by atoms with van der Waals surface area (Å²) in [5.74, 6) is 0. The van der Waals surface area contributed by atoms with Crippen LogP contribution in [0.3, 0.4) is 0 Å². The van der Waals surface area contributed by atoms with E-state index in [2.05, 4.69) is 33.8 Å².